The summed E-state index contributed by atoms with van der Waals surface area (Å²) < 4.78 is 5.82. The Balaban J connectivity index is 1.45. The fraction of sp³-hybridized carbons (Fsp3) is 0. The van der Waals surface area contributed by atoms with Gasteiger partial charge in [-0.25, -0.2) is 0 Å². The van der Waals surface area contributed by atoms with Crippen LogP contribution in [0.5, 0.6) is 11.5 Å². The first-order valence-corrected chi connectivity index (χ1v) is 11.2. The van der Waals surface area contributed by atoms with Crippen LogP contribution in [-0.4, -0.2) is 21.9 Å². The van der Waals surface area contributed by atoms with Gasteiger partial charge < -0.3 is 4.74 Å². The maximum absolute atomic E-state index is 13.4. The van der Waals surface area contributed by atoms with Crippen LogP contribution in [0.2, 0.25) is 0 Å². The number of anilines is 1. The van der Waals surface area contributed by atoms with Gasteiger partial charge in [0.05, 0.1) is 5.69 Å². The van der Waals surface area contributed by atoms with Crippen molar-refractivity contribution in [2.24, 2.45) is 0 Å². The normalized spacial score (nSPS) is 14.7. The largest absolute Gasteiger partial charge is 0.457 e. The molecule has 1 saturated heterocycles. The first-order valence-electron chi connectivity index (χ1n) is 10.8. The van der Waals surface area contributed by atoms with Crippen LogP contribution in [0.1, 0.15) is 5.56 Å². The number of hydrogen-bond donors (Lipinski definition) is 1. The number of benzene rings is 3. The van der Waals surface area contributed by atoms with Crippen LogP contribution in [0.25, 0.3) is 17.2 Å². The minimum atomic E-state index is -0.537. The summed E-state index contributed by atoms with van der Waals surface area (Å²) in [4.78, 5) is 31.6. The Morgan fingerprint density at radius 3 is 2.20 bits per heavy atom. The Bertz CT molecular complexity index is 1440. The molecule has 0 aliphatic carbocycles. The van der Waals surface area contributed by atoms with Crippen LogP contribution in [0.15, 0.2) is 109 Å². The molecule has 1 aromatic heterocycles. The third-order valence-corrected chi connectivity index (χ3v) is 5.71. The first kappa shape index (κ1) is 22.2. The number of amides is 2. The molecule has 1 N–H and O–H groups in total. The average Bonchev–Trinajstić information content (AvgIpc) is 2.89. The van der Waals surface area contributed by atoms with Gasteiger partial charge in [-0.15, -0.1) is 0 Å². The van der Waals surface area contributed by atoms with Crippen molar-refractivity contribution in [2.75, 3.05) is 4.90 Å². The van der Waals surface area contributed by atoms with E-state index in [-0.39, 0.29) is 10.7 Å². The highest BCUT2D eigenvalue weighted by Crippen LogP contribution is 2.29. The topological polar surface area (TPSA) is 71.5 Å². The summed E-state index contributed by atoms with van der Waals surface area (Å²) in [5.41, 5.74) is 3.05. The lowest BCUT2D eigenvalue weighted by Crippen LogP contribution is -2.54. The Morgan fingerprint density at radius 2 is 1.46 bits per heavy atom. The summed E-state index contributed by atoms with van der Waals surface area (Å²) in [5.74, 6) is 0.279. The number of carbonyl (C=O) groups is 2. The van der Waals surface area contributed by atoms with Crippen LogP contribution >= 0.6 is 12.2 Å². The summed E-state index contributed by atoms with van der Waals surface area (Å²) >= 11 is 5.33. The van der Waals surface area contributed by atoms with E-state index >= 15 is 0 Å². The average molecular weight is 478 g/mol. The van der Waals surface area contributed by atoms with Crippen LogP contribution in [0.3, 0.4) is 0 Å². The zero-order valence-electron chi connectivity index (χ0n) is 18.4. The number of rotatable bonds is 5. The van der Waals surface area contributed by atoms with Crippen molar-refractivity contribution in [1.82, 2.24) is 10.3 Å². The van der Waals surface area contributed by atoms with E-state index in [1.54, 1.807) is 42.7 Å². The number of ether oxygens (including phenoxy) is 1. The number of aromatic nitrogens is 1. The lowest BCUT2D eigenvalue weighted by atomic mass is 9.98. The second-order valence-corrected chi connectivity index (χ2v) is 8.08. The van der Waals surface area contributed by atoms with Gasteiger partial charge in [-0.3, -0.25) is 24.8 Å². The highest BCUT2D eigenvalue weighted by Gasteiger charge is 2.34. The summed E-state index contributed by atoms with van der Waals surface area (Å²) in [5, 5.41) is 2.65. The van der Waals surface area contributed by atoms with E-state index in [1.807, 2.05) is 66.7 Å². The van der Waals surface area contributed by atoms with Crippen LogP contribution in [0.4, 0.5) is 5.69 Å². The van der Waals surface area contributed by atoms with Gasteiger partial charge in [-0.2, -0.15) is 0 Å². The Hall–Kier alpha value is -4.62. The van der Waals surface area contributed by atoms with Crippen molar-refractivity contribution >= 4 is 40.9 Å². The summed E-state index contributed by atoms with van der Waals surface area (Å²) in [7, 11) is 0. The smallest absolute Gasteiger partial charge is 0.270 e. The molecular formula is C28H19N3O3S. The van der Waals surface area contributed by atoms with Gasteiger partial charge in [0.2, 0.25) is 0 Å². The minimum Gasteiger partial charge on any atom is -0.457 e. The molecule has 4 aromatic rings. The second kappa shape index (κ2) is 9.70. The van der Waals surface area contributed by atoms with Crippen molar-refractivity contribution in [2.45, 2.75) is 0 Å². The summed E-state index contributed by atoms with van der Waals surface area (Å²) in [6.45, 7) is 0. The van der Waals surface area contributed by atoms with Crippen LogP contribution in [0, 0.1) is 0 Å². The highest BCUT2D eigenvalue weighted by molar-refractivity contribution is 7.80. The molecule has 2 heterocycles. The number of thiocarbonyl (C=S) groups is 1. The summed E-state index contributed by atoms with van der Waals surface area (Å²) in [6, 6.07) is 27.6. The molecular weight excluding hydrogens is 458 g/mol. The van der Waals surface area contributed by atoms with E-state index in [9.17, 15) is 9.59 Å². The van der Waals surface area contributed by atoms with Gasteiger partial charge in [0.15, 0.2) is 5.11 Å². The standard InChI is InChI=1S/C28H19N3O3S/c32-26-25(18-20-6-4-5-9-24(20)19-14-16-29-17-15-19)27(33)31(28(35)30-26)21-10-12-23(13-11-21)34-22-7-2-1-3-8-22/h1-18H,(H,30,32,35)/b25-18+. The van der Waals surface area contributed by atoms with Crippen molar-refractivity contribution in [3.05, 3.63) is 115 Å². The highest BCUT2D eigenvalue weighted by atomic mass is 32.1. The van der Waals surface area contributed by atoms with Crippen molar-refractivity contribution in [1.29, 1.82) is 0 Å². The van der Waals surface area contributed by atoms with Crippen molar-refractivity contribution in [3.63, 3.8) is 0 Å². The molecule has 0 radical (unpaired) electrons. The zero-order valence-corrected chi connectivity index (χ0v) is 19.2. The predicted octanol–water partition coefficient (Wildman–Crippen LogP) is 5.37. The zero-order chi connectivity index (χ0) is 24.2. The second-order valence-electron chi connectivity index (χ2n) is 7.69. The minimum absolute atomic E-state index is 0.00952. The molecule has 35 heavy (non-hydrogen) atoms. The van der Waals surface area contributed by atoms with E-state index in [0.29, 0.717) is 17.2 Å². The molecule has 3 aromatic carbocycles. The molecule has 1 aliphatic heterocycles. The maximum Gasteiger partial charge on any atom is 0.270 e. The Morgan fingerprint density at radius 1 is 0.800 bits per heavy atom. The number of hydrogen-bond acceptors (Lipinski definition) is 5. The van der Waals surface area contributed by atoms with E-state index in [0.717, 1.165) is 16.7 Å². The molecule has 0 spiro atoms. The molecule has 0 unspecified atom stereocenters. The Kier molecular flexibility index (Phi) is 6.15. The van der Waals surface area contributed by atoms with Gasteiger partial charge in [0, 0.05) is 12.4 Å². The van der Waals surface area contributed by atoms with E-state index in [4.69, 9.17) is 17.0 Å². The maximum atomic E-state index is 13.4. The lowest BCUT2D eigenvalue weighted by molar-refractivity contribution is -0.122. The number of pyridine rings is 1. The van der Waals surface area contributed by atoms with Gasteiger partial charge in [0.1, 0.15) is 17.1 Å². The third-order valence-electron chi connectivity index (χ3n) is 5.43. The SMILES string of the molecule is O=C1NC(=S)N(c2ccc(Oc3ccccc3)cc2)C(=O)/C1=C/c1ccccc1-c1ccncc1. The molecule has 170 valence electrons. The van der Waals surface area contributed by atoms with Crippen molar-refractivity contribution in [3.8, 4) is 22.6 Å². The third kappa shape index (κ3) is 4.71. The molecule has 1 aliphatic rings. The molecule has 6 nitrogen and oxygen atoms in total. The monoisotopic (exact) mass is 477 g/mol. The Labute approximate surface area is 207 Å². The fourth-order valence-corrected chi connectivity index (χ4v) is 4.03. The molecule has 5 rings (SSSR count). The molecule has 1 fully saturated rings. The molecule has 0 saturated carbocycles. The molecule has 0 atom stereocenters. The number of nitrogens with one attached hydrogen (secondary N) is 1. The number of carbonyl (C=O) groups excluding carboxylic acids is 2. The van der Waals surface area contributed by atoms with Gasteiger partial charge in [-0.05, 0) is 83.5 Å². The summed E-state index contributed by atoms with van der Waals surface area (Å²) in [6.07, 6.45) is 4.99. The first-order chi connectivity index (χ1) is 17.1. The van der Waals surface area contributed by atoms with E-state index < -0.39 is 11.8 Å². The molecule has 0 bridgehead atoms. The quantitative estimate of drug-likeness (QED) is 0.238. The predicted molar refractivity (Wildman–Crippen MR) is 139 cm³/mol. The van der Waals surface area contributed by atoms with Crippen LogP contribution < -0.4 is 15.0 Å². The number of nitrogens with zero attached hydrogens (tertiary/aromatic N) is 2. The lowest BCUT2D eigenvalue weighted by Gasteiger charge is -2.29. The van der Waals surface area contributed by atoms with Crippen molar-refractivity contribution < 1.29 is 14.3 Å². The fourth-order valence-electron chi connectivity index (χ4n) is 3.75. The van der Waals surface area contributed by atoms with Crippen LogP contribution in [-0.2, 0) is 9.59 Å². The van der Waals surface area contributed by atoms with Gasteiger partial charge >= 0.3 is 0 Å². The molecule has 7 heteroatoms. The number of para-hydroxylation sites is 1. The van der Waals surface area contributed by atoms with Gasteiger partial charge in [0.25, 0.3) is 11.8 Å². The van der Waals surface area contributed by atoms with Gasteiger partial charge in [-0.1, -0.05) is 42.5 Å². The van der Waals surface area contributed by atoms with E-state index in [2.05, 4.69) is 10.3 Å². The van der Waals surface area contributed by atoms with E-state index in [1.165, 1.54) is 4.90 Å². The molecule has 2 amide bonds.